The number of amides is 2. The van der Waals surface area contributed by atoms with Crippen molar-refractivity contribution in [3.05, 3.63) is 65.5 Å². The summed E-state index contributed by atoms with van der Waals surface area (Å²) in [7, 11) is 0. The number of hydrogen-bond acceptors (Lipinski definition) is 3. The van der Waals surface area contributed by atoms with E-state index in [1.807, 2.05) is 19.1 Å². The highest BCUT2D eigenvalue weighted by molar-refractivity contribution is 6.04. The van der Waals surface area contributed by atoms with E-state index in [0.29, 0.717) is 11.3 Å². The molecule has 0 unspecified atom stereocenters. The molecule has 3 N–H and O–H groups in total. The number of benzene rings is 2. The summed E-state index contributed by atoms with van der Waals surface area (Å²) in [5.74, 6) is 1.50. The highest BCUT2D eigenvalue weighted by Gasteiger charge is 2.15. The minimum Gasteiger partial charge on any atom is -0.344 e. The Bertz CT molecular complexity index is 826. The molecule has 0 aromatic heterocycles. The molecule has 0 saturated heterocycles. The van der Waals surface area contributed by atoms with Crippen molar-refractivity contribution in [3.8, 4) is 12.3 Å². The third kappa shape index (κ3) is 5.94. The van der Waals surface area contributed by atoms with Crippen LogP contribution in [0, 0.1) is 18.2 Å². The van der Waals surface area contributed by atoms with Gasteiger partial charge in [-0.3, -0.25) is 14.9 Å². The van der Waals surface area contributed by atoms with Crippen LogP contribution in [0.3, 0.4) is 0 Å². The molecule has 5 nitrogen and oxygen atoms in total. The molecule has 140 valence electrons. The second kappa shape index (κ2) is 9.51. The quantitative estimate of drug-likeness (QED) is 0.659. The van der Waals surface area contributed by atoms with Gasteiger partial charge in [-0.05, 0) is 55.8 Å². The lowest BCUT2D eigenvalue weighted by molar-refractivity contribution is -0.122. The van der Waals surface area contributed by atoms with E-state index in [-0.39, 0.29) is 30.2 Å². The van der Waals surface area contributed by atoms with E-state index < -0.39 is 6.04 Å². The van der Waals surface area contributed by atoms with Gasteiger partial charge in [-0.25, -0.2) is 4.39 Å². The second-order valence-corrected chi connectivity index (χ2v) is 6.11. The Morgan fingerprint density at radius 1 is 1.07 bits per heavy atom. The molecular formula is C21H22FN3O2. The molecule has 2 rings (SSSR count). The molecule has 0 aliphatic heterocycles. The molecule has 0 aliphatic carbocycles. The van der Waals surface area contributed by atoms with E-state index in [1.54, 1.807) is 19.1 Å². The Morgan fingerprint density at radius 3 is 2.30 bits per heavy atom. The van der Waals surface area contributed by atoms with Crippen LogP contribution in [0.25, 0.3) is 0 Å². The smallest absolute Gasteiger partial charge is 0.255 e. The number of terminal acetylenes is 1. The van der Waals surface area contributed by atoms with Gasteiger partial charge in [0.1, 0.15) is 5.82 Å². The molecule has 0 radical (unpaired) electrons. The van der Waals surface area contributed by atoms with Crippen molar-refractivity contribution in [2.24, 2.45) is 0 Å². The van der Waals surface area contributed by atoms with E-state index in [9.17, 15) is 14.0 Å². The molecule has 0 spiro atoms. The van der Waals surface area contributed by atoms with Crippen LogP contribution in [0.4, 0.5) is 10.1 Å². The first kappa shape index (κ1) is 20.1. The molecule has 2 atom stereocenters. The molecule has 0 fully saturated rings. The van der Waals surface area contributed by atoms with Crippen LogP contribution in [-0.4, -0.2) is 24.4 Å². The lowest BCUT2D eigenvalue weighted by Gasteiger charge is -2.20. The number of hydrogen-bond donors (Lipinski definition) is 3. The van der Waals surface area contributed by atoms with Crippen molar-refractivity contribution in [1.82, 2.24) is 10.6 Å². The van der Waals surface area contributed by atoms with Crippen LogP contribution in [0.5, 0.6) is 0 Å². The molecule has 0 saturated carbocycles. The fraction of sp³-hybridized carbons (Fsp3) is 0.238. The summed E-state index contributed by atoms with van der Waals surface area (Å²) < 4.78 is 12.9. The number of carbonyl (C=O) groups is 2. The summed E-state index contributed by atoms with van der Waals surface area (Å²) >= 11 is 0. The van der Waals surface area contributed by atoms with Crippen LogP contribution in [0.2, 0.25) is 0 Å². The van der Waals surface area contributed by atoms with Crippen molar-refractivity contribution in [2.45, 2.75) is 25.9 Å². The molecule has 2 aromatic carbocycles. The van der Waals surface area contributed by atoms with Gasteiger partial charge in [0.2, 0.25) is 5.91 Å². The van der Waals surface area contributed by atoms with Gasteiger partial charge in [-0.2, -0.15) is 0 Å². The zero-order valence-electron chi connectivity index (χ0n) is 15.3. The van der Waals surface area contributed by atoms with Crippen LogP contribution in [0.15, 0.2) is 48.5 Å². The van der Waals surface area contributed by atoms with Gasteiger partial charge in [-0.15, -0.1) is 6.42 Å². The summed E-state index contributed by atoms with van der Waals surface area (Å²) in [5, 5.41) is 8.58. The predicted molar refractivity (Wildman–Crippen MR) is 104 cm³/mol. The Morgan fingerprint density at radius 2 is 1.70 bits per heavy atom. The van der Waals surface area contributed by atoms with Gasteiger partial charge in [0.15, 0.2) is 0 Å². The minimum atomic E-state index is -0.397. The minimum absolute atomic E-state index is 0.0709. The Kier molecular flexibility index (Phi) is 7.09. The lowest BCUT2D eigenvalue weighted by atomic mass is 10.1. The summed E-state index contributed by atoms with van der Waals surface area (Å²) in [5.41, 5.74) is 1.97. The van der Waals surface area contributed by atoms with Gasteiger partial charge < -0.3 is 10.6 Å². The molecule has 27 heavy (non-hydrogen) atoms. The molecule has 0 aliphatic rings. The third-order valence-electron chi connectivity index (χ3n) is 4.03. The van der Waals surface area contributed by atoms with Crippen molar-refractivity contribution in [2.75, 3.05) is 11.9 Å². The Balaban J connectivity index is 1.94. The Labute approximate surface area is 158 Å². The molecular weight excluding hydrogens is 345 g/mol. The fourth-order valence-corrected chi connectivity index (χ4v) is 2.50. The van der Waals surface area contributed by atoms with Crippen molar-refractivity contribution < 1.29 is 14.0 Å². The number of carbonyl (C=O) groups excluding carboxylic acids is 2. The van der Waals surface area contributed by atoms with E-state index >= 15 is 0 Å². The fourth-order valence-electron chi connectivity index (χ4n) is 2.50. The average molecular weight is 367 g/mol. The number of rotatable bonds is 7. The second-order valence-electron chi connectivity index (χ2n) is 6.11. The van der Waals surface area contributed by atoms with Crippen LogP contribution in [-0.2, 0) is 4.79 Å². The highest BCUT2D eigenvalue weighted by Crippen LogP contribution is 2.17. The Hall–Kier alpha value is -3.17. The van der Waals surface area contributed by atoms with Gasteiger partial charge >= 0.3 is 0 Å². The maximum absolute atomic E-state index is 12.9. The van der Waals surface area contributed by atoms with Crippen LogP contribution in [0.1, 0.15) is 35.8 Å². The average Bonchev–Trinajstić information content (AvgIpc) is 2.66. The molecule has 2 amide bonds. The van der Waals surface area contributed by atoms with E-state index in [4.69, 9.17) is 6.42 Å². The van der Waals surface area contributed by atoms with Crippen LogP contribution >= 0.6 is 0 Å². The molecule has 0 heterocycles. The normalized spacial score (nSPS) is 12.5. The first-order chi connectivity index (χ1) is 12.9. The van der Waals surface area contributed by atoms with E-state index in [2.05, 4.69) is 21.9 Å². The standard InChI is InChI=1S/C21H22FN3O2/c1-4-13-23-20(26)15(3)24-14(2)16-7-11-19(12-8-16)25-21(27)17-5-9-18(22)10-6-17/h1,5-12,14-15,24H,13H2,2-3H3,(H,23,26)(H,25,27)/t14-,15-/m1/s1. The number of halogens is 1. The zero-order chi connectivity index (χ0) is 19.8. The summed E-state index contributed by atoms with van der Waals surface area (Å²) in [6.07, 6.45) is 5.13. The SMILES string of the molecule is C#CCNC(=O)[C@@H](C)N[C@H](C)c1ccc(NC(=O)c2ccc(F)cc2)cc1. The summed E-state index contributed by atoms with van der Waals surface area (Å²) in [6, 6.07) is 12.2. The maximum atomic E-state index is 12.9. The first-order valence-corrected chi connectivity index (χ1v) is 8.55. The van der Waals surface area contributed by atoms with E-state index in [0.717, 1.165) is 5.56 Å². The van der Waals surface area contributed by atoms with Crippen LogP contribution < -0.4 is 16.0 Å². The summed E-state index contributed by atoms with van der Waals surface area (Å²) in [6.45, 7) is 3.90. The highest BCUT2D eigenvalue weighted by atomic mass is 19.1. The first-order valence-electron chi connectivity index (χ1n) is 8.55. The third-order valence-corrected chi connectivity index (χ3v) is 4.03. The van der Waals surface area contributed by atoms with Gasteiger partial charge in [0.05, 0.1) is 12.6 Å². The lowest BCUT2D eigenvalue weighted by Crippen LogP contribution is -2.43. The van der Waals surface area contributed by atoms with Gasteiger partial charge in [-0.1, -0.05) is 18.1 Å². The monoisotopic (exact) mass is 367 g/mol. The molecule has 6 heteroatoms. The number of nitrogens with one attached hydrogen (secondary N) is 3. The van der Waals surface area contributed by atoms with Gasteiger partial charge in [0, 0.05) is 17.3 Å². The van der Waals surface area contributed by atoms with Crippen molar-refractivity contribution in [3.63, 3.8) is 0 Å². The number of anilines is 1. The summed E-state index contributed by atoms with van der Waals surface area (Å²) in [4.78, 5) is 24.0. The van der Waals surface area contributed by atoms with Crippen molar-refractivity contribution in [1.29, 1.82) is 0 Å². The van der Waals surface area contributed by atoms with Crippen molar-refractivity contribution >= 4 is 17.5 Å². The van der Waals surface area contributed by atoms with Gasteiger partial charge in [0.25, 0.3) is 5.91 Å². The topological polar surface area (TPSA) is 70.2 Å². The maximum Gasteiger partial charge on any atom is 0.255 e. The molecule has 2 aromatic rings. The largest absolute Gasteiger partial charge is 0.344 e. The van der Waals surface area contributed by atoms with E-state index in [1.165, 1.54) is 24.3 Å². The predicted octanol–water partition coefficient (Wildman–Crippen LogP) is 2.87. The molecule has 0 bridgehead atoms. The zero-order valence-corrected chi connectivity index (χ0v) is 15.3.